The molecule has 0 bridgehead atoms. The molecule has 0 radical (unpaired) electrons. The van der Waals surface area contributed by atoms with Gasteiger partial charge >= 0.3 is 0 Å². The zero-order chi connectivity index (χ0) is 15.6. The molecule has 0 saturated heterocycles. The van der Waals surface area contributed by atoms with Crippen molar-refractivity contribution in [3.8, 4) is 0 Å². The van der Waals surface area contributed by atoms with Gasteiger partial charge in [0.1, 0.15) is 16.5 Å². The Kier molecular flexibility index (Phi) is 4.35. The summed E-state index contributed by atoms with van der Waals surface area (Å²) in [5.74, 6) is -1.83. The topological polar surface area (TPSA) is 92.4 Å². The van der Waals surface area contributed by atoms with Gasteiger partial charge in [0, 0.05) is 6.07 Å². The van der Waals surface area contributed by atoms with E-state index in [1.54, 1.807) is 6.92 Å². The van der Waals surface area contributed by atoms with E-state index < -0.39 is 38.7 Å². The van der Waals surface area contributed by atoms with Gasteiger partial charge in [-0.1, -0.05) is 5.16 Å². The van der Waals surface area contributed by atoms with Crippen molar-refractivity contribution in [1.82, 2.24) is 9.88 Å². The monoisotopic (exact) mass is 318 g/mol. The van der Waals surface area contributed by atoms with Crippen LogP contribution in [0.5, 0.6) is 0 Å². The van der Waals surface area contributed by atoms with E-state index in [-0.39, 0.29) is 6.54 Å². The van der Waals surface area contributed by atoms with Crippen LogP contribution in [0.2, 0.25) is 0 Å². The zero-order valence-electron chi connectivity index (χ0n) is 10.9. The fourth-order valence-electron chi connectivity index (χ4n) is 1.68. The second-order valence-electron chi connectivity index (χ2n) is 4.25. The largest absolute Gasteiger partial charge is 0.391 e. The highest BCUT2D eigenvalue weighted by Gasteiger charge is 2.23. The number of nitrogens with one attached hydrogen (secondary N) is 1. The Labute approximate surface area is 119 Å². The van der Waals surface area contributed by atoms with Gasteiger partial charge in [-0.15, -0.1) is 0 Å². The molecule has 6 nitrogen and oxygen atoms in total. The van der Waals surface area contributed by atoms with Crippen molar-refractivity contribution in [3.63, 3.8) is 0 Å². The minimum Gasteiger partial charge on any atom is -0.391 e. The van der Waals surface area contributed by atoms with E-state index >= 15 is 0 Å². The molecule has 0 amide bonds. The number of aliphatic hydroxyl groups is 1. The number of benzene rings is 1. The first-order chi connectivity index (χ1) is 9.85. The molecule has 0 atom stereocenters. The van der Waals surface area contributed by atoms with Crippen LogP contribution in [-0.2, 0) is 23.2 Å². The highest BCUT2D eigenvalue weighted by Crippen LogP contribution is 2.21. The van der Waals surface area contributed by atoms with E-state index in [1.807, 2.05) is 0 Å². The molecule has 9 heteroatoms. The fraction of sp³-hybridized carbons (Fsp3) is 0.250. The minimum atomic E-state index is -4.21. The maximum Gasteiger partial charge on any atom is 0.243 e. The van der Waals surface area contributed by atoms with Gasteiger partial charge in [-0.3, -0.25) is 0 Å². The highest BCUT2D eigenvalue weighted by atomic mass is 32.2. The van der Waals surface area contributed by atoms with Crippen molar-refractivity contribution in [1.29, 1.82) is 0 Å². The van der Waals surface area contributed by atoms with Crippen molar-refractivity contribution in [2.75, 3.05) is 0 Å². The quantitative estimate of drug-likeness (QED) is 0.865. The second-order valence-corrected chi connectivity index (χ2v) is 5.98. The van der Waals surface area contributed by atoms with Gasteiger partial charge in [0.15, 0.2) is 5.82 Å². The molecule has 2 aromatic rings. The van der Waals surface area contributed by atoms with Gasteiger partial charge in [0.2, 0.25) is 10.0 Å². The molecular formula is C12H12F2N2O4S. The summed E-state index contributed by atoms with van der Waals surface area (Å²) < 4.78 is 58.0. The molecule has 21 heavy (non-hydrogen) atoms. The number of halogens is 2. The normalized spacial score (nSPS) is 11.8. The molecule has 0 fully saturated rings. The number of hydrogen-bond donors (Lipinski definition) is 2. The summed E-state index contributed by atoms with van der Waals surface area (Å²) in [5.41, 5.74) is -0.379. The molecule has 0 saturated carbocycles. The van der Waals surface area contributed by atoms with Crippen LogP contribution in [0.4, 0.5) is 8.78 Å². The summed E-state index contributed by atoms with van der Waals surface area (Å²) in [5, 5.41) is 12.5. The zero-order valence-corrected chi connectivity index (χ0v) is 11.7. The number of sulfonamides is 1. The predicted octanol–water partition coefficient (Wildman–Crippen LogP) is 1.23. The molecule has 0 aliphatic heterocycles. The van der Waals surface area contributed by atoms with Crippen LogP contribution in [0.1, 0.15) is 17.0 Å². The Bertz CT molecular complexity index is 759. The van der Waals surface area contributed by atoms with Crippen molar-refractivity contribution in [2.45, 2.75) is 25.0 Å². The van der Waals surface area contributed by atoms with Crippen molar-refractivity contribution >= 4 is 10.0 Å². The molecule has 0 unspecified atom stereocenters. The lowest BCUT2D eigenvalue weighted by Gasteiger charge is -2.09. The van der Waals surface area contributed by atoms with Crippen LogP contribution < -0.4 is 4.72 Å². The van der Waals surface area contributed by atoms with Gasteiger partial charge in [-0.25, -0.2) is 21.9 Å². The Hall–Kier alpha value is -1.84. The molecule has 2 N–H and O–H groups in total. The Morgan fingerprint density at radius 3 is 2.67 bits per heavy atom. The van der Waals surface area contributed by atoms with Gasteiger partial charge in [-0.2, -0.15) is 0 Å². The standard InChI is InChI=1S/C12H12F2N2O4S/c1-7-4-8(16-20-7)5-15-21(18,19)11-3-2-10(13)9(6-17)12(11)14/h2-4,15,17H,5-6H2,1H3. The summed E-state index contributed by atoms with van der Waals surface area (Å²) in [6, 6.07) is 3.09. The first-order valence-corrected chi connectivity index (χ1v) is 7.33. The Morgan fingerprint density at radius 1 is 1.38 bits per heavy atom. The van der Waals surface area contributed by atoms with E-state index in [0.717, 1.165) is 12.1 Å². The fourth-order valence-corrected chi connectivity index (χ4v) is 2.78. The van der Waals surface area contributed by atoms with Crippen LogP contribution >= 0.6 is 0 Å². The molecule has 1 aromatic carbocycles. The average Bonchev–Trinajstić information content (AvgIpc) is 2.83. The number of nitrogens with zero attached hydrogens (tertiary/aromatic N) is 1. The third kappa shape index (κ3) is 3.26. The maximum atomic E-state index is 13.9. The van der Waals surface area contributed by atoms with E-state index in [0.29, 0.717) is 11.5 Å². The van der Waals surface area contributed by atoms with E-state index in [9.17, 15) is 17.2 Å². The van der Waals surface area contributed by atoms with Crippen LogP contribution in [-0.4, -0.2) is 18.7 Å². The van der Waals surface area contributed by atoms with Crippen molar-refractivity contribution < 1.29 is 26.8 Å². The minimum absolute atomic E-state index is 0.203. The predicted molar refractivity (Wildman–Crippen MR) is 67.5 cm³/mol. The molecule has 0 spiro atoms. The SMILES string of the molecule is Cc1cc(CNS(=O)(=O)c2ccc(F)c(CO)c2F)no1. The third-order valence-electron chi connectivity index (χ3n) is 2.72. The second kappa shape index (κ2) is 5.88. The third-order valence-corrected chi connectivity index (χ3v) is 4.14. The molecule has 0 aliphatic rings. The summed E-state index contributed by atoms with van der Waals surface area (Å²) in [7, 11) is -4.21. The van der Waals surface area contributed by atoms with Crippen LogP contribution in [0.25, 0.3) is 0 Å². The van der Waals surface area contributed by atoms with Gasteiger partial charge in [0.25, 0.3) is 0 Å². The van der Waals surface area contributed by atoms with Crippen LogP contribution in [0.15, 0.2) is 27.6 Å². The smallest absolute Gasteiger partial charge is 0.243 e. The summed E-state index contributed by atoms with van der Waals surface area (Å²) in [4.78, 5) is -0.742. The number of aromatic nitrogens is 1. The van der Waals surface area contributed by atoms with Crippen molar-refractivity contribution in [2.24, 2.45) is 0 Å². The number of aryl methyl sites for hydroxylation is 1. The molecule has 114 valence electrons. The Morgan fingerprint density at radius 2 is 2.10 bits per heavy atom. The number of aliphatic hydroxyl groups excluding tert-OH is 1. The molecule has 1 heterocycles. The first kappa shape index (κ1) is 15.5. The van der Waals surface area contributed by atoms with Gasteiger partial charge in [0.05, 0.1) is 24.4 Å². The van der Waals surface area contributed by atoms with Gasteiger partial charge in [-0.05, 0) is 19.1 Å². The molecular weight excluding hydrogens is 306 g/mol. The lowest BCUT2D eigenvalue weighted by molar-refractivity contribution is 0.267. The summed E-state index contributed by atoms with van der Waals surface area (Å²) in [6.07, 6.45) is 0. The van der Waals surface area contributed by atoms with E-state index in [2.05, 4.69) is 9.88 Å². The molecule has 0 aliphatic carbocycles. The van der Waals surface area contributed by atoms with E-state index in [1.165, 1.54) is 6.07 Å². The van der Waals surface area contributed by atoms with Crippen LogP contribution in [0.3, 0.4) is 0 Å². The number of hydrogen-bond acceptors (Lipinski definition) is 5. The number of rotatable bonds is 5. The highest BCUT2D eigenvalue weighted by molar-refractivity contribution is 7.89. The molecule has 1 aromatic heterocycles. The van der Waals surface area contributed by atoms with E-state index in [4.69, 9.17) is 9.63 Å². The molecule has 2 rings (SSSR count). The Balaban J connectivity index is 2.27. The lowest BCUT2D eigenvalue weighted by atomic mass is 10.2. The average molecular weight is 318 g/mol. The summed E-state index contributed by atoms with van der Waals surface area (Å²) >= 11 is 0. The lowest BCUT2D eigenvalue weighted by Crippen LogP contribution is -2.25. The maximum absolute atomic E-state index is 13.9. The first-order valence-electron chi connectivity index (χ1n) is 5.84. The van der Waals surface area contributed by atoms with Crippen molar-refractivity contribution in [3.05, 3.63) is 46.9 Å². The van der Waals surface area contributed by atoms with Crippen LogP contribution in [0, 0.1) is 18.6 Å². The van der Waals surface area contributed by atoms with Gasteiger partial charge < -0.3 is 9.63 Å². The summed E-state index contributed by atoms with van der Waals surface area (Å²) in [6.45, 7) is 0.493.